The average molecular weight is 295 g/mol. The van der Waals surface area contributed by atoms with Gasteiger partial charge in [0.05, 0.1) is 18.8 Å². The minimum absolute atomic E-state index is 0.00956. The third-order valence-corrected chi connectivity index (χ3v) is 8.78. The molecule has 0 radical (unpaired) electrons. The summed E-state index contributed by atoms with van der Waals surface area (Å²) < 4.78 is 6.39. The molecule has 0 heterocycles. The zero-order valence-electron chi connectivity index (χ0n) is 13.6. The molecule has 0 amide bonds. The summed E-state index contributed by atoms with van der Waals surface area (Å²) in [6.45, 7) is 11.1. The first-order valence-corrected chi connectivity index (χ1v) is 10.1. The van der Waals surface area contributed by atoms with Crippen LogP contribution in [-0.2, 0) is 4.43 Å². The van der Waals surface area contributed by atoms with E-state index in [2.05, 4.69) is 51.3 Å². The number of rotatable bonds is 6. The van der Waals surface area contributed by atoms with E-state index in [4.69, 9.17) is 4.43 Å². The zero-order valence-corrected chi connectivity index (χ0v) is 14.6. The molecule has 0 aromatic heterocycles. The lowest BCUT2D eigenvalue weighted by atomic mass is 10.0. The smallest absolute Gasteiger partial charge is 0.192 e. The second-order valence-corrected chi connectivity index (χ2v) is 11.5. The molecule has 3 nitrogen and oxygen atoms in total. The Labute approximate surface area is 124 Å². The Hall–Kier alpha value is -0.683. The number of benzene rings is 1. The fourth-order valence-corrected chi connectivity index (χ4v) is 3.31. The highest BCUT2D eigenvalue weighted by atomic mass is 28.4. The Morgan fingerprint density at radius 2 is 1.75 bits per heavy atom. The lowest BCUT2D eigenvalue weighted by Crippen LogP contribution is -2.48. The van der Waals surface area contributed by atoms with Gasteiger partial charge in [0.25, 0.3) is 0 Å². The van der Waals surface area contributed by atoms with E-state index in [1.165, 1.54) is 0 Å². The molecule has 1 aromatic rings. The minimum Gasteiger partial charge on any atom is -0.410 e. The van der Waals surface area contributed by atoms with Gasteiger partial charge in [0.15, 0.2) is 8.32 Å². The van der Waals surface area contributed by atoms with Gasteiger partial charge in [-0.1, -0.05) is 51.1 Å². The maximum atomic E-state index is 9.78. The predicted octanol–water partition coefficient (Wildman–Crippen LogP) is 3.33. The minimum atomic E-state index is -1.90. The first-order valence-electron chi connectivity index (χ1n) is 7.24. The van der Waals surface area contributed by atoms with Crippen LogP contribution >= 0.6 is 0 Å². The standard InChI is InChI=1S/C16H29NO2Si/c1-16(2,3)20(5,6)19-14(12-18)15(17-4)13-10-8-7-9-11-13/h7-11,14-15,17-18H,12H2,1-6H3/t14-,15+/m0/s1. The fourth-order valence-electron chi connectivity index (χ4n) is 1.99. The molecule has 1 aromatic carbocycles. The predicted molar refractivity (Wildman–Crippen MR) is 87.4 cm³/mol. The lowest BCUT2D eigenvalue weighted by molar-refractivity contribution is 0.0732. The van der Waals surface area contributed by atoms with Gasteiger partial charge in [-0.2, -0.15) is 0 Å². The number of hydrogen-bond acceptors (Lipinski definition) is 3. The number of likely N-dealkylation sites (N-methyl/N-ethyl adjacent to an activating group) is 1. The van der Waals surface area contributed by atoms with Crippen LogP contribution in [0, 0.1) is 0 Å². The van der Waals surface area contributed by atoms with E-state index in [0.717, 1.165) is 5.56 Å². The van der Waals surface area contributed by atoms with Gasteiger partial charge in [-0.3, -0.25) is 0 Å². The van der Waals surface area contributed by atoms with Crippen molar-refractivity contribution in [1.29, 1.82) is 0 Å². The highest BCUT2D eigenvalue weighted by molar-refractivity contribution is 6.74. The summed E-state index contributed by atoms with van der Waals surface area (Å²) in [5, 5.41) is 13.2. The monoisotopic (exact) mass is 295 g/mol. The van der Waals surface area contributed by atoms with Crippen molar-refractivity contribution >= 4 is 8.32 Å². The maximum absolute atomic E-state index is 9.78. The van der Waals surface area contributed by atoms with Gasteiger partial charge in [0.2, 0.25) is 0 Å². The first kappa shape index (κ1) is 17.4. The van der Waals surface area contributed by atoms with Crippen LogP contribution in [-0.4, -0.2) is 33.2 Å². The molecule has 0 saturated heterocycles. The molecule has 0 fully saturated rings. The molecule has 1 rings (SSSR count). The highest BCUT2D eigenvalue weighted by Gasteiger charge is 2.40. The van der Waals surface area contributed by atoms with Crippen molar-refractivity contribution in [2.75, 3.05) is 13.7 Å². The summed E-state index contributed by atoms with van der Waals surface area (Å²) >= 11 is 0. The lowest BCUT2D eigenvalue weighted by Gasteiger charge is -2.41. The zero-order chi connectivity index (χ0) is 15.4. The number of nitrogens with one attached hydrogen (secondary N) is 1. The van der Waals surface area contributed by atoms with Crippen molar-refractivity contribution in [3.63, 3.8) is 0 Å². The van der Waals surface area contributed by atoms with E-state index in [1.54, 1.807) is 0 Å². The molecule has 4 heteroatoms. The van der Waals surface area contributed by atoms with Crippen molar-refractivity contribution in [1.82, 2.24) is 5.32 Å². The fraction of sp³-hybridized carbons (Fsp3) is 0.625. The number of hydrogen-bond donors (Lipinski definition) is 2. The molecule has 20 heavy (non-hydrogen) atoms. The van der Waals surface area contributed by atoms with Crippen molar-refractivity contribution in [2.45, 2.75) is 51.0 Å². The van der Waals surface area contributed by atoms with Crippen molar-refractivity contribution in [3.05, 3.63) is 35.9 Å². The Balaban J connectivity index is 2.94. The Morgan fingerprint density at radius 3 is 2.15 bits per heavy atom. The number of aliphatic hydroxyl groups is 1. The topological polar surface area (TPSA) is 41.5 Å². The van der Waals surface area contributed by atoms with E-state index in [0.29, 0.717) is 0 Å². The van der Waals surface area contributed by atoms with E-state index in [-0.39, 0.29) is 23.8 Å². The van der Waals surface area contributed by atoms with Gasteiger partial charge in [0, 0.05) is 0 Å². The van der Waals surface area contributed by atoms with Crippen LogP contribution in [0.15, 0.2) is 30.3 Å². The Morgan fingerprint density at radius 1 is 1.20 bits per heavy atom. The molecule has 114 valence electrons. The van der Waals surface area contributed by atoms with Crippen molar-refractivity contribution < 1.29 is 9.53 Å². The number of aliphatic hydroxyl groups excluding tert-OH is 1. The quantitative estimate of drug-likeness (QED) is 0.791. The first-order chi connectivity index (χ1) is 9.23. The van der Waals surface area contributed by atoms with E-state index >= 15 is 0 Å². The normalized spacial score (nSPS) is 15.9. The van der Waals surface area contributed by atoms with E-state index < -0.39 is 8.32 Å². The summed E-state index contributed by atoms with van der Waals surface area (Å²) in [5.41, 5.74) is 1.15. The molecular formula is C16H29NO2Si. The van der Waals surface area contributed by atoms with Crippen LogP contribution in [0.2, 0.25) is 18.1 Å². The molecule has 0 saturated carbocycles. The molecule has 2 N–H and O–H groups in total. The molecule has 0 aliphatic heterocycles. The highest BCUT2D eigenvalue weighted by Crippen LogP contribution is 2.38. The SMILES string of the molecule is CN[C@H](c1ccccc1)[C@H](CO)O[Si](C)(C)C(C)(C)C. The van der Waals surface area contributed by atoms with Crippen molar-refractivity contribution in [3.8, 4) is 0 Å². The van der Waals surface area contributed by atoms with Crippen LogP contribution in [0.3, 0.4) is 0 Å². The van der Waals surface area contributed by atoms with Crippen LogP contribution in [0.25, 0.3) is 0 Å². The molecule has 0 spiro atoms. The molecule has 2 atom stereocenters. The van der Waals surface area contributed by atoms with Crippen molar-refractivity contribution in [2.24, 2.45) is 0 Å². The Kier molecular flexibility index (Phi) is 5.95. The molecular weight excluding hydrogens is 266 g/mol. The summed E-state index contributed by atoms with van der Waals surface area (Å²) in [5.74, 6) is 0. The molecule has 0 unspecified atom stereocenters. The van der Waals surface area contributed by atoms with Gasteiger partial charge >= 0.3 is 0 Å². The Bertz CT molecular complexity index is 401. The maximum Gasteiger partial charge on any atom is 0.192 e. The summed E-state index contributed by atoms with van der Waals surface area (Å²) in [4.78, 5) is 0. The molecule has 0 aliphatic rings. The third-order valence-electron chi connectivity index (χ3n) is 4.27. The third kappa shape index (κ3) is 4.15. The molecule has 0 bridgehead atoms. The largest absolute Gasteiger partial charge is 0.410 e. The van der Waals surface area contributed by atoms with Gasteiger partial charge in [0.1, 0.15) is 0 Å². The van der Waals surface area contributed by atoms with Gasteiger partial charge in [-0.25, -0.2) is 0 Å². The molecule has 0 aliphatic carbocycles. The summed E-state index contributed by atoms with van der Waals surface area (Å²) in [6.07, 6.45) is -0.219. The second kappa shape index (κ2) is 6.85. The van der Waals surface area contributed by atoms with E-state index in [9.17, 15) is 5.11 Å². The van der Waals surface area contributed by atoms with Gasteiger partial charge in [-0.05, 0) is 30.7 Å². The van der Waals surface area contributed by atoms with Crippen LogP contribution in [0.5, 0.6) is 0 Å². The second-order valence-electron chi connectivity index (χ2n) is 6.78. The van der Waals surface area contributed by atoms with Gasteiger partial charge < -0.3 is 14.8 Å². The average Bonchev–Trinajstić information content (AvgIpc) is 2.38. The van der Waals surface area contributed by atoms with Crippen LogP contribution in [0.1, 0.15) is 32.4 Å². The van der Waals surface area contributed by atoms with Crippen LogP contribution in [0.4, 0.5) is 0 Å². The van der Waals surface area contributed by atoms with Crippen LogP contribution < -0.4 is 5.32 Å². The van der Waals surface area contributed by atoms with E-state index in [1.807, 2.05) is 25.2 Å². The van der Waals surface area contributed by atoms with Gasteiger partial charge in [-0.15, -0.1) is 0 Å². The summed E-state index contributed by atoms with van der Waals surface area (Å²) in [7, 11) is 0.0112. The summed E-state index contributed by atoms with van der Waals surface area (Å²) in [6, 6.07) is 10.2.